The standard InChI is InChI=1S/C14H13NO3S/c1-8-7-11(9(2)19-8)13(16)15-12-6-4-3-5-10(12)14(17)18/h3-7H,1-2H3,(H,15,16)(H,17,18). The smallest absolute Gasteiger partial charge is 0.337 e. The molecule has 0 bridgehead atoms. The number of amides is 1. The van der Waals surface area contributed by atoms with Crippen LogP contribution in [0, 0.1) is 13.8 Å². The number of carbonyl (C=O) groups is 2. The Balaban J connectivity index is 2.29. The molecule has 0 atom stereocenters. The summed E-state index contributed by atoms with van der Waals surface area (Å²) < 4.78 is 0. The van der Waals surface area contributed by atoms with Crippen molar-refractivity contribution in [2.24, 2.45) is 0 Å². The number of para-hydroxylation sites is 1. The van der Waals surface area contributed by atoms with Gasteiger partial charge in [0, 0.05) is 9.75 Å². The van der Waals surface area contributed by atoms with Crippen LogP contribution in [0.4, 0.5) is 5.69 Å². The van der Waals surface area contributed by atoms with Crippen molar-refractivity contribution >= 4 is 28.9 Å². The van der Waals surface area contributed by atoms with Gasteiger partial charge in [0.25, 0.3) is 5.91 Å². The van der Waals surface area contributed by atoms with E-state index in [-0.39, 0.29) is 11.5 Å². The third-order valence-corrected chi connectivity index (χ3v) is 3.66. The van der Waals surface area contributed by atoms with Crippen molar-refractivity contribution in [2.75, 3.05) is 5.32 Å². The minimum atomic E-state index is -1.06. The molecule has 98 valence electrons. The van der Waals surface area contributed by atoms with Gasteiger partial charge < -0.3 is 10.4 Å². The second-order valence-electron chi connectivity index (χ2n) is 4.13. The van der Waals surface area contributed by atoms with E-state index in [4.69, 9.17) is 5.11 Å². The molecule has 1 heterocycles. The topological polar surface area (TPSA) is 66.4 Å². The highest BCUT2D eigenvalue weighted by molar-refractivity contribution is 7.12. The van der Waals surface area contributed by atoms with E-state index in [1.807, 2.05) is 13.8 Å². The molecular weight excluding hydrogens is 262 g/mol. The summed E-state index contributed by atoms with van der Waals surface area (Å²) in [6, 6.07) is 8.16. The molecule has 1 amide bonds. The first-order chi connectivity index (χ1) is 8.99. The fourth-order valence-corrected chi connectivity index (χ4v) is 2.75. The van der Waals surface area contributed by atoms with Gasteiger partial charge in [-0.05, 0) is 32.0 Å². The van der Waals surface area contributed by atoms with E-state index >= 15 is 0 Å². The summed E-state index contributed by atoms with van der Waals surface area (Å²) in [6.07, 6.45) is 0. The van der Waals surface area contributed by atoms with Gasteiger partial charge in [0.1, 0.15) is 0 Å². The van der Waals surface area contributed by atoms with Crippen LogP contribution < -0.4 is 5.32 Å². The molecule has 0 spiro atoms. The van der Waals surface area contributed by atoms with Gasteiger partial charge in [-0.15, -0.1) is 11.3 Å². The predicted molar refractivity (Wildman–Crippen MR) is 75.1 cm³/mol. The highest BCUT2D eigenvalue weighted by atomic mass is 32.1. The van der Waals surface area contributed by atoms with Crippen molar-refractivity contribution in [3.63, 3.8) is 0 Å². The van der Waals surface area contributed by atoms with Crippen LogP contribution in [-0.4, -0.2) is 17.0 Å². The summed E-state index contributed by atoms with van der Waals surface area (Å²) in [5, 5.41) is 11.7. The predicted octanol–water partition coefficient (Wildman–Crippen LogP) is 3.32. The Kier molecular flexibility index (Phi) is 3.66. The number of thiophene rings is 1. The van der Waals surface area contributed by atoms with Gasteiger partial charge >= 0.3 is 5.97 Å². The summed E-state index contributed by atoms with van der Waals surface area (Å²) in [5.41, 5.74) is 0.978. The average molecular weight is 275 g/mol. The molecule has 2 aromatic rings. The molecule has 0 aliphatic carbocycles. The highest BCUT2D eigenvalue weighted by Gasteiger charge is 2.15. The lowest BCUT2D eigenvalue weighted by Crippen LogP contribution is -2.14. The van der Waals surface area contributed by atoms with Crippen molar-refractivity contribution in [3.05, 3.63) is 51.2 Å². The first kappa shape index (κ1) is 13.3. The Hall–Kier alpha value is -2.14. The molecule has 1 aromatic carbocycles. The number of aromatic carboxylic acids is 1. The molecule has 0 saturated carbocycles. The summed E-state index contributed by atoms with van der Waals surface area (Å²) in [5.74, 6) is -1.34. The number of hydrogen-bond donors (Lipinski definition) is 2. The number of carbonyl (C=O) groups excluding carboxylic acids is 1. The Labute approximate surface area is 114 Å². The number of anilines is 1. The Bertz CT molecular complexity index is 646. The largest absolute Gasteiger partial charge is 0.478 e. The number of rotatable bonds is 3. The Morgan fingerprint density at radius 3 is 2.42 bits per heavy atom. The highest BCUT2D eigenvalue weighted by Crippen LogP contribution is 2.22. The lowest BCUT2D eigenvalue weighted by Gasteiger charge is -2.07. The number of benzene rings is 1. The fourth-order valence-electron chi connectivity index (χ4n) is 1.82. The van der Waals surface area contributed by atoms with Gasteiger partial charge in [0.15, 0.2) is 0 Å². The molecule has 2 rings (SSSR count). The molecule has 19 heavy (non-hydrogen) atoms. The van der Waals surface area contributed by atoms with Crippen molar-refractivity contribution in [1.82, 2.24) is 0 Å². The lowest BCUT2D eigenvalue weighted by atomic mass is 10.1. The molecule has 0 fully saturated rings. The zero-order valence-electron chi connectivity index (χ0n) is 10.6. The molecule has 1 aromatic heterocycles. The van der Waals surface area contributed by atoms with Crippen LogP contribution in [0.2, 0.25) is 0 Å². The van der Waals surface area contributed by atoms with Crippen LogP contribution in [0.15, 0.2) is 30.3 Å². The molecule has 5 heteroatoms. The van der Waals surface area contributed by atoms with E-state index in [2.05, 4.69) is 5.32 Å². The van der Waals surface area contributed by atoms with Gasteiger partial charge in [-0.3, -0.25) is 4.79 Å². The van der Waals surface area contributed by atoms with E-state index in [1.165, 1.54) is 6.07 Å². The van der Waals surface area contributed by atoms with E-state index in [9.17, 15) is 9.59 Å². The molecule has 4 nitrogen and oxygen atoms in total. The summed E-state index contributed by atoms with van der Waals surface area (Å²) >= 11 is 1.54. The maximum atomic E-state index is 12.1. The van der Waals surface area contributed by atoms with Gasteiger partial charge in [-0.25, -0.2) is 4.79 Å². The Morgan fingerprint density at radius 2 is 1.84 bits per heavy atom. The van der Waals surface area contributed by atoms with Crippen LogP contribution in [0.5, 0.6) is 0 Å². The van der Waals surface area contributed by atoms with E-state index in [0.29, 0.717) is 11.3 Å². The van der Waals surface area contributed by atoms with E-state index in [1.54, 1.807) is 35.6 Å². The average Bonchev–Trinajstić information content (AvgIpc) is 2.69. The molecule has 0 saturated heterocycles. The van der Waals surface area contributed by atoms with Crippen LogP contribution in [-0.2, 0) is 0 Å². The van der Waals surface area contributed by atoms with E-state index in [0.717, 1.165) is 9.75 Å². The molecule has 0 aliphatic rings. The second-order valence-corrected chi connectivity index (χ2v) is 5.59. The van der Waals surface area contributed by atoms with Crippen molar-refractivity contribution in [3.8, 4) is 0 Å². The SMILES string of the molecule is Cc1cc(C(=O)Nc2ccccc2C(=O)O)c(C)s1. The quantitative estimate of drug-likeness (QED) is 0.903. The zero-order valence-corrected chi connectivity index (χ0v) is 11.4. The molecular formula is C14H13NO3S. The monoisotopic (exact) mass is 275 g/mol. The molecule has 0 aliphatic heterocycles. The lowest BCUT2D eigenvalue weighted by molar-refractivity contribution is 0.0698. The van der Waals surface area contributed by atoms with Gasteiger partial charge in [-0.2, -0.15) is 0 Å². The number of nitrogens with one attached hydrogen (secondary N) is 1. The first-order valence-corrected chi connectivity index (χ1v) is 6.51. The Morgan fingerprint density at radius 1 is 1.16 bits per heavy atom. The molecule has 2 N–H and O–H groups in total. The fraction of sp³-hybridized carbons (Fsp3) is 0.143. The van der Waals surface area contributed by atoms with Gasteiger partial charge in [-0.1, -0.05) is 12.1 Å². The maximum absolute atomic E-state index is 12.1. The second kappa shape index (κ2) is 5.24. The minimum Gasteiger partial charge on any atom is -0.478 e. The van der Waals surface area contributed by atoms with E-state index < -0.39 is 5.97 Å². The summed E-state index contributed by atoms with van der Waals surface area (Å²) in [6.45, 7) is 3.80. The maximum Gasteiger partial charge on any atom is 0.337 e. The van der Waals surface area contributed by atoms with Crippen molar-refractivity contribution in [2.45, 2.75) is 13.8 Å². The van der Waals surface area contributed by atoms with Crippen LogP contribution in [0.1, 0.15) is 30.5 Å². The molecule has 0 radical (unpaired) electrons. The molecule has 0 unspecified atom stereocenters. The third-order valence-electron chi connectivity index (χ3n) is 2.69. The third kappa shape index (κ3) is 2.82. The summed E-state index contributed by atoms with van der Waals surface area (Å²) in [4.78, 5) is 25.2. The van der Waals surface area contributed by atoms with Crippen LogP contribution in [0.25, 0.3) is 0 Å². The van der Waals surface area contributed by atoms with Gasteiger partial charge in [0.05, 0.1) is 16.8 Å². The normalized spacial score (nSPS) is 10.2. The number of carboxylic acids is 1. The number of hydrogen-bond acceptors (Lipinski definition) is 3. The van der Waals surface area contributed by atoms with Crippen molar-refractivity contribution in [1.29, 1.82) is 0 Å². The number of carboxylic acid groups (broad SMARTS) is 1. The zero-order chi connectivity index (χ0) is 14.0. The minimum absolute atomic E-state index is 0.0838. The summed E-state index contributed by atoms with van der Waals surface area (Å²) in [7, 11) is 0. The number of aryl methyl sites for hydroxylation is 2. The van der Waals surface area contributed by atoms with Crippen LogP contribution in [0.3, 0.4) is 0 Å². The van der Waals surface area contributed by atoms with Crippen LogP contribution >= 0.6 is 11.3 Å². The van der Waals surface area contributed by atoms with Gasteiger partial charge in [0.2, 0.25) is 0 Å². The first-order valence-electron chi connectivity index (χ1n) is 5.69. The van der Waals surface area contributed by atoms with Crippen molar-refractivity contribution < 1.29 is 14.7 Å².